The molecular formula is C28H23F4N5O4S. The van der Waals surface area contributed by atoms with E-state index in [-0.39, 0.29) is 29.1 Å². The number of benzene rings is 2. The predicted molar refractivity (Wildman–Crippen MR) is 143 cm³/mol. The van der Waals surface area contributed by atoms with Crippen LogP contribution >= 0.6 is 0 Å². The molecule has 0 unspecified atom stereocenters. The van der Waals surface area contributed by atoms with E-state index in [0.29, 0.717) is 0 Å². The van der Waals surface area contributed by atoms with E-state index in [2.05, 4.69) is 10.3 Å². The number of carbonyl (C=O) groups is 2. The monoisotopic (exact) mass is 601 g/mol. The molecule has 1 N–H and O–H groups in total. The summed E-state index contributed by atoms with van der Waals surface area (Å²) in [6, 6.07) is 9.56. The number of aromatic nitrogens is 1. The first kappa shape index (κ1) is 29.0. The molecule has 218 valence electrons. The minimum absolute atomic E-state index is 0.0659. The van der Waals surface area contributed by atoms with Crippen molar-refractivity contribution in [2.45, 2.75) is 43.3 Å². The zero-order valence-electron chi connectivity index (χ0n) is 21.8. The highest BCUT2D eigenvalue weighted by molar-refractivity contribution is 7.93. The summed E-state index contributed by atoms with van der Waals surface area (Å²) in [4.78, 5) is 32.9. The Kier molecular flexibility index (Phi) is 7.63. The van der Waals surface area contributed by atoms with Gasteiger partial charge >= 0.3 is 0 Å². The Balaban J connectivity index is 1.63. The smallest absolute Gasteiger partial charge is 0.252 e. The van der Waals surface area contributed by atoms with Gasteiger partial charge in [0.25, 0.3) is 11.8 Å². The molecule has 2 heterocycles. The van der Waals surface area contributed by atoms with Crippen molar-refractivity contribution in [2.75, 3.05) is 15.0 Å². The fourth-order valence-corrected chi connectivity index (χ4v) is 6.82. The maximum atomic E-state index is 15.2. The van der Waals surface area contributed by atoms with Crippen LogP contribution in [0.3, 0.4) is 0 Å². The van der Waals surface area contributed by atoms with Gasteiger partial charge in [-0.2, -0.15) is 5.26 Å². The van der Waals surface area contributed by atoms with E-state index < -0.39 is 76.1 Å². The molecule has 0 bridgehead atoms. The number of amides is 2. The Morgan fingerprint density at radius 1 is 1.10 bits per heavy atom. The number of hydrogen-bond donors (Lipinski definition) is 1. The second kappa shape index (κ2) is 11.1. The van der Waals surface area contributed by atoms with Gasteiger partial charge < -0.3 is 5.32 Å². The van der Waals surface area contributed by atoms with Crippen molar-refractivity contribution in [1.29, 1.82) is 5.26 Å². The van der Waals surface area contributed by atoms with Gasteiger partial charge in [0, 0.05) is 36.3 Å². The molecule has 1 saturated heterocycles. The van der Waals surface area contributed by atoms with Crippen LogP contribution < -0.4 is 14.5 Å². The third kappa shape index (κ3) is 5.64. The predicted octanol–water partition coefficient (Wildman–Crippen LogP) is 3.83. The molecule has 9 nitrogen and oxygen atoms in total. The van der Waals surface area contributed by atoms with Crippen LogP contribution in [-0.2, 0) is 19.6 Å². The SMILES string of the molecule is N#Cc1ccnc(N2[C@H](C(=O)N(c3cccc(F)c3)[C@@H](C(=O)NC3CC(F)(F)C3)c3ccccc3F)CCS2(=O)=O)c1. The van der Waals surface area contributed by atoms with Crippen LogP contribution in [0.25, 0.3) is 0 Å². The molecule has 2 aliphatic rings. The lowest BCUT2D eigenvalue weighted by atomic mass is 9.87. The van der Waals surface area contributed by atoms with Gasteiger partial charge in [0.2, 0.25) is 15.9 Å². The molecule has 2 aromatic carbocycles. The maximum absolute atomic E-state index is 15.2. The molecule has 1 aromatic heterocycles. The number of carbonyl (C=O) groups excluding carboxylic acids is 2. The molecule has 1 saturated carbocycles. The number of nitrogens with one attached hydrogen (secondary N) is 1. The van der Waals surface area contributed by atoms with Gasteiger partial charge in [-0.3, -0.25) is 14.5 Å². The summed E-state index contributed by atoms with van der Waals surface area (Å²) in [5.74, 6) is -7.48. The summed E-state index contributed by atoms with van der Waals surface area (Å²) in [5.41, 5.74) is -0.461. The first-order chi connectivity index (χ1) is 19.9. The first-order valence-corrected chi connectivity index (χ1v) is 14.4. The van der Waals surface area contributed by atoms with Gasteiger partial charge in [-0.05, 0) is 42.8 Å². The minimum atomic E-state index is -4.15. The summed E-state index contributed by atoms with van der Waals surface area (Å²) < 4.78 is 83.8. The Morgan fingerprint density at radius 3 is 2.50 bits per heavy atom. The Morgan fingerprint density at radius 2 is 1.83 bits per heavy atom. The number of halogens is 4. The highest BCUT2D eigenvalue weighted by atomic mass is 32.2. The van der Waals surface area contributed by atoms with Crippen molar-refractivity contribution in [1.82, 2.24) is 10.3 Å². The minimum Gasteiger partial charge on any atom is -0.351 e. The summed E-state index contributed by atoms with van der Waals surface area (Å²) in [7, 11) is -4.15. The molecule has 42 heavy (non-hydrogen) atoms. The number of pyridine rings is 1. The molecular weight excluding hydrogens is 578 g/mol. The van der Waals surface area contributed by atoms with Crippen LogP contribution in [0.5, 0.6) is 0 Å². The van der Waals surface area contributed by atoms with E-state index in [9.17, 15) is 36.4 Å². The lowest BCUT2D eigenvalue weighted by Gasteiger charge is -2.39. The van der Waals surface area contributed by atoms with Gasteiger partial charge in [-0.25, -0.2) is 35.3 Å². The molecule has 2 amide bonds. The average molecular weight is 602 g/mol. The van der Waals surface area contributed by atoms with Crippen LogP contribution in [-0.4, -0.2) is 49.0 Å². The van der Waals surface area contributed by atoms with E-state index in [1.165, 1.54) is 48.7 Å². The third-order valence-corrected chi connectivity index (χ3v) is 8.88. The van der Waals surface area contributed by atoms with Gasteiger partial charge in [-0.15, -0.1) is 0 Å². The highest BCUT2D eigenvalue weighted by Crippen LogP contribution is 2.39. The molecule has 2 atom stereocenters. The largest absolute Gasteiger partial charge is 0.351 e. The third-order valence-electron chi connectivity index (χ3n) is 7.08. The number of hydrogen-bond acceptors (Lipinski definition) is 6. The summed E-state index contributed by atoms with van der Waals surface area (Å²) in [6.07, 6.45) is -0.401. The van der Waals surface area contributed by atoms with E-state index in [0.717, 1.165) is 27.4 Å². The zero-order chi connectivity index (χ0) is 30.2. The summed E-state index contributed by atoms with van der Waals surface area (Å²) >= 11 is 0. The van der Waals surface area contributed by atoms with Crippen molar-refractivity contribution < 1.29 is 35.6 Å². The topological polar surface area (TPSA) is 123 Å². The second-order valence-corrected chi connectivity index (χ2v) is 12.0. The molecule has 2 fully saturated rings. The van der Waals surface area contributed by atoms with Crippen molar-refractivity contribution in [2.24, 2.45) is 0 Å². The number of rotatable bonds is 7. The van der Waals surface area contributed by atoms with Gasteiger partial charge in [0.1, 0.15) is 29.5 Å². The number of anilines is 2. The molecule has 5 rings (SSSR count). The number of nitrogens with zero attached hydrogens (tertiary/aromatic N) is 4. The normalized spacial score (nSPS) is 19.8. The Hall–Kier alpha value is -4.51. The molecule has 0 spiro atoms. The summed E-state index contributed by atoms with van der Waals surface area (Å²) in [5, 5.41) is 11.7. The molecule has 1 aliphatic carbocycles. The van der Waals surface area contributed by atoms with Crippen molar-refractivity contribution in [3.63, 3.8) is 0 Å². The molecule has 0 radical (unpaired) electrons. The molecule has 14 heteroatoms. The van der Waals surface area contributed by atoms with E-state index in [1.54, 1.807) is 0 Å². The second-order valence-electron chi connectivity index (χ2n) is 10.0. The Labute approximate surface area is 238 Å². The number of nitriles is 1. The highest BCUT2D eigenvalue weighted by Gasteiger charge is 2.49. The molecule has 3 aromatic rings. The van der Waals surface area contributed by atoms with E-state index in [4.69, 9.17) is 0 Å². The maximum Gasteiger partial charge on any atom is 0.252 e. The quantitative estimate of drug-likeness (QED) is 0.411. The van der Waals surface area contributed by atoms with Crippen LogP contribution in [0.15, 0.2) is 66.9 Å². The fourth-order valence-electron chi connectivity index (χ4n) is 5.13. The van der Waals surface area contributed by atoms with Gasteiger partial charge in [0.15, 0.2) is 0 Å². The fraction of sp³-hybridized carbons (Fsp3) is 0.286. The van der Waals surface area contributed by atoms with Crippen molar-refractivity contribution >= 4 is 33.3 Å². The molecule has 1 aliphatic heterocycles. The number of sulfonamides is 1. The van der Waals surface area contributed by atoms with Gasteiger partial charge in [0.05, 0.1) is 17.4 Å². The standard InChI is InChI=1S/C28H23F4N5O4S/c29-18-4-3-5-20(13-18)36(25(21-6-1-2-7-22(21)30)26(38)35-19-14-28(31,32)15-19)27(39)23-9-11-42(40,41)37(23)24-12-17(16-33)8-10-34-24/h1-8,10,12-13,19,23,25H,9,11,14-15H2,(H,35,38)/t23-,25+/m0/s1. The first-order valence-electron chi connectivity index (χ1n) is 12.8. The zero-order valence-corrected chi connectivity index (χ0v) is 22.6. The van der Waals surface area contributed by atoms with Gasteiger partial charge in [-0.1, -0.05) is 24.3 Å². The lowest BCUT2D eigenvalue weighted by Crippen LogP contribution is -2.56. The van der Waals surface area contributed by atoms with Crippen LogP contribution in [0.2, 0.25) is 0 Å². The van der Waals surface area contributed by atoms with Crippen molar-refractivity contribution in [3.8, 4) is 6.07 Å². The lowest BCUT2D eigenvalue weighted by molar-refractivity contribution is -0.133. The Bertz CT molecular complexity index is 1690. The van der Waals surface area contributed by atoms with E-state index in [1.807, 2.05) is 6.07 Å². The van der Waals surface area contributed by atoms with E-state index >= 15 is 4.39 Å². The summed E-state index contributed by atoms with van der Waals surface area (Å²) in [6.45, 7) is 0. The van der Waals surface area contributed by atoms with Crippen molar-refractivity contribution in [3.05, 3.63) is 89.6 Å². The van der Waals surface area contributed by atoms with Crippen LogP contribution in [0.1, 0.15) is 36.4 Å². The van der Waals surface area contributed by atoms with Crippen LogP contribution in [0.4, 0.5) is 29.1 Å². The number of alkyl halides is 2. The van der Waals surface area contributed by atoms with Crippen LogP contribution in [0, 0.1) is 23.0 Å². The average Bonchev–Trinajstić information content (AvgIpc) is 3.25.